The molecule has 6 nitrogen and oxygen atoms in total. The summed E-state index contributed by atoms with van der Waals surface area (Å²) in [6, 6.07) is 15.2. The van der Waals surface area contributed by atoms with Crippen molar-refractivity contribution in [2.24, 2.45) is 5.92 Å². The van der Waals surface area contributed by atoms with Crippen molar-refractivity contribution < 1.29 is 9.53 Å². The second-order valence-electron chi connectivity index (χ2n) is 7.51. The van der Waals surface area contributed by atoms with Crippen LogP contribution in [0.5, 0.6) is 5.75 Å². The molecule has 0 saturated carbocycles. The average Bonchev–Trinajstić information content (AvgIpc) is 3.13. The molecule has 0 unspecified atom stereocenters. The minimum atomic E-state index is -0.147. The van der Waals surface area contributed by atoms with E-state index in [0.717, 1.165) is 24.5 Å². The summed E-state index contributed by atoms with van der Waals surface area (Å²) in [5.74, 6) is 1.99. The van der Waals surface area contributed by atoms with E-state index in [1.807, 2.05) is 28.8 Å². The summed E-state index contributed by atoms with van der Waals surface area (Å²) in [6.45, 7) is 7.45. The third-order valence-electron chi connectivity index (χ3n) is 4.52. The number of ether oxygens (including phenoxy) is 1. The van der Waals surface area contributed by atoms with Gasteiger partial charge in [-0.15, -0.1) is 10.2 Å². The number of halogens is 1. The monoisotopic (exact) mass is 458 g/mol. The van der Waals surface area contributed by atoms with E-state index in [9.17, 15) is 4.79 Å². The van der Waals surface area contributed by atoms with Gasteiger partial charge in [-0.05, 0) is 42.2 Å². The maximum atomic E-state index is 12.4. The van der Waals surface area contributed by atoms with Gasteiger partial charge in [0.1, 0.15) is 12.4 Å². The summed E-state index contributed by atoms with van der Waals surface area (Å²) in [6.07, 6.45) is 0.994. The quantitative estimate of drug-likeness (QED) is 0.408. The first-order chi connectivity index (χ1) is 15.0. The number of rotatable bonds is 10. The van der Waals surface area contributed by atoms with Crippen LogP contribution in [0.15, 0.2) is 53.7 Å². The standard InChI is InChI=1S/C23H27ClN4O2S/c1-4-17-9-11-18(12-10-17)30-14-21-26-27-23(28(21)13-16(2)3)31-15-22(29)25-20-8-6-5-7-19(20)24/h5-12,16H,4,13-15H2,1-3H3,(H,25,29). The number of anilines is 1. The van der Waals surface area contributed by atoms with Gasteiger partial charge in [-0.3, -0.25) is 4.79 Å². The van der Waals surface area contributed by atoms with E-state index in [1.165, 1.54) is 17.3 Å². The molecule has 0 fully saturated rings. The van der Waals surface area contributed by atoms with Crippen molar-refractivity contribution in [3.05, 3.63) is 64.9 Å². The van der Waals surface area contributed by atoms with Crippen LogP contribution >= 0.6 is 23.4 Å². The molecule has 3 rings (SSSR count). The fourth-order valence-electron chi connectivity index (χ4n) is 2.93. The minimum Gasteiger partial charge on any atom is -0.486 e. The van der Waals surface area contributed by atoms with Gasteiger partial charge in [-0.2, -0.15) is 0 Å². The van der Waals surface area contributed by atoms with Gasteiger partial charge in [-0.1, -0.05) is 68.4 Å². The lowest BCUT2D eigenvalue weighted by molar-refractivity contribution is -0.113. The summed E-state index contributed by atoms with van der Waals surface area (Å²) in [5, 5.41) is 12.6. The van der Waals surface area contributed by atoms with E-state index in [1.54, 1.807) is 12.1 Å². The van der Waals surface area contributed by atoms with Crippen molar-refractivity contribution in [2.75, 3.05) is 11.1 Å². The molecule has 3 aromatic rings. The highest BCUT2D eigenvalue weighted by Gasteiger charge is 2.16. The number of hydrogen-bond donors (Lipinski definition) is 1. The number of nitrogens with one attached hydrogen (secondary N) is 1. The molecule has 0 aliphatic rings. The lowest BCUT2D eigenvalue weighted by Crippen LogP contribution is -2.16. The summed E-state index contributed by atoms with van der Waals surface area (Å²) < 4.78 is 7.94. The zero-order valence-corrected chi connectivity index (χ0v) is 19.5. The first kappa shape index (κ1) is 23.2. The number of hydrogen-bond acceptors (Lipinski definition) is 5. The molecular formula is C23H27ClN4O2S. The summed E-state index contributed by atoms with van der Waals surface area (Å²) >= 11 is 7.46. The molecule has 2 aromatic carbocycles. The maximum absolute atomic E-state index is 12.4. The molecule has 0 atom stereocenters. The SMILES string of the molecule is CCc1ccc(OCc2nnc(SCC(=O)Nc3ccccc3Cl)n2CC(C)C)cc1. The van der Waals surface area contributed by atoms with Crippen LogP contribution in [-0.4, -0.2) is 26.4 Å². The van der Waals surface area contributed by atoms with Gasteiger partial charge in [0, 0.05) is 6.54 Å². The summed E-state index contributed by atoms with van der Waals surface area (Å²) in [4.78, 5) is 12.4. The Hall–Kier alpha value is -2.51. The van der Waals surface area contributed by atoms with Gasteiger partial charge < -0.3 is 14.6 Å². The minimum absolute atomic E-state index is 0.147. The fourth-order valence-corrected chi connectivity index (χ4v) is 3.88. The Kier molecular flexibility index (Phi) is 8.37. The van der Waals surface area contributed by atoms with Crippen LogP contribution in [0, 0.1) is 5.92 Å². The predicted molar refractivity (Wildman–Crippen MR) is 126 cm³/mol. The average molecular weight is 459 g/mol. The molecule has 8 heteroatoms. The van der Waals surface area contributed by atoms with Gasteiger partial charge in [-0.25, -0.2) is 0 Å². The largest absolute Gasteiger partial charge is 0.486 e. The molecule has 31 heavy (non-hydrogen) atoms. The van der Waals surface area contributed by atoms with Gasteiger partial charge in [0.15, 0.2) is 11.0 Å². The molecule has 0 aliphatic carbocycles. The Morgan fingerprint density at radius 2 is 1.90 bits per heavy atom. The van der Waals surface area contributed by atoms with Crippen LogP contribution in [0.25, 0.3) is 0 Å². The molecule has 1 amide bonds. The number of amides is 1. The number of aromatic nitrogens is 3. The number of thioether (sulfide) groups is 1. The third-order valence-corrected chi connectivity index (χ3v) is 5.82. The highest BCUT2D eigenvalue weighted by atomic mass is 35.5. The van der Waals surface area contributed by atoms with Gasteiger partial charge in [0.2, 0.25) is 5.91 Å². The summed E-state index contributed by atoms with van der Waals surface area (Å²) in [7, 11) is 0. The van der Waals surface area contributed by atoms with Crippen molar-refractivity contribution >= 4 is 35.0 Å². The van der Waals surface area contributed by atoms with Crippen LogP contribution in [0.4, 0.5) is 5.69 Å². The van der Waals surface area contributed by atoms with Crippen molar-refractivity contribution in [1.29, 1.82) is 0 Å². The van der Waals surface area contributed by atoms with Crippen molar-refractivity contribution in [2.45, 2.75) is 45.5 Å². The smallest absolute Gasteiger partial charge is 0.234 e. The van der Waals surface area contributed by atoms with Crippen LogP contribution in [-0.2, 0) is 24.4 Å². The van der Waals surface area contributed by atoms with E-state index < -0.39 is 0 Å². The molecule has 0 saturated heterocycles. The number of benzene rings is 2. The first-order valence-corrected chi connectivity index (χ1v) is 11.6. The second kappa shape index (κ2) is 11.2. The van der Waals surface area contributed by atoms with Crippen molar-refractivity contribution in [3.63, 3.8) is 0 Å². The summed E-state index contributed by atoms with van der Waals surface area (Å²) in [5.41, 5.74) is 1.87. The van der Waals surface area contributed by atoms with E-state index in [0.29, 0.717) is 28.4 Å². The maximum Gasteiger partial charge on any atom is 0.234 e. The highest BCUT2D eigenvalue weighted by molar-refractivity contribution is 7.99. The molecule has 0 radical (unpaired) electrons. The topological polar surface area (TPSA) is 69.0 Å². The van der Waals surface area contributed by atoms with Crippen LogP contribution < -0.4 is 10.1 Å². The number of nitrogens with zero attached hydrogens (tertiary/aromatic N) is 3. The molecule has 0 bridgehead atoms. The Labute approximate surface area is 192 Å². The van der Waals surface area contributed by atoms with Gasteiger partial charge in [0.25, 0.3) is 0 Å². The van der Waals surface area contributed by atoms with Gasteiger partial charge in [0.05, 0.1) is 16.5 Å². The lowest BCUT2D eigenvalue weighted by Gasteiger charge is -2.13. The van der Waals surface area contributed by atoms with E-state index in [-0.39, 0.29) is 11.7 Å². The Morgan fingerprint density at radius 1 is 1.16 bits per heavy atom. The van der Waals surface area contributed by atoms with Crippen LogP contribution in [0.1, 0.15) is 32.2 Å². The zero-order valence-electron chi connectivity index (χ0n) is 18.0. The molecular weight excluding hydrogens is 432 g/mol. The Morgan fingerprint density at radius 3 is 2.58 bits per heavy atom. The Balaban J connectivity index is 1.63. The zero-order chi connectivity index (χ0) is 22.2. The molecule has 0 aliphatic heterocycles. The third kappa shape index (κ3) is 6.74. The number of aryl methyl sites for hydroxylation is 1. The van der Waals surface area contributed by atoms with E-state index in [4.69, 9.17) is 16.3 Å². The molecule has 1 N–H and O–H groups in total. The van der Waals surface area contributed by atoms with E-state index >= 15 is 0 Å². The lowest BCUT2D eigenvalue weighted by atomic mass is 10.2. The number of para-hydroxylation sites is 1. The fraction of sp³-hybridized carbons (Fsp3) is 0.348. The normalized spacial score (nSPS) is 11.0. The number of carbonyl (C=O) groups excluding carboxylic acids is 1. The van der Waals surface area contributed by atoms with Crippen LogP contribution in [0.2, 0.25) is 5.02 Å². The Bertz CT molecular complexity index is 1010. The number of carbonyl (C=O) groups is 1. The van der Waals surface area contributed by atoms with Crippen molar-refractivity contribution in [3.8, 4) is 5.75 Å². The molecule has 1 aromatic heterocycles. The molecule has 0 spiro atoms. The van der Waals surface area contributed by atoms with Crippen molar-refractivity contribution in [1.82, 2.24) is 14.8 Å². The van der Waals surface area contributed by atoms with Crippen LogP contribution in [0.3, 0.4) is 0 Å². The molecule has 164 valence electrons. The predicted octanol–water partition coefficient (Wildman–Crippen LogP) is 5.46. The molecule has 1 heterocycles. The highest BCUT2D eigenvalue weighted by Crippen LogP contribution is 2.23. The van der Waals surface area contributed by atoms with Gasteiger partial charge >= 0.3 is 0 Å². The van der Waals surface area contributed by atoms with E-state index in [2.05, 4.69) is 48.4 Å². The second-order valence-corrected chi connectivity index (χ2v) is 8.86. The first-order valence-electron chi connectivity index (χ1n) is 10.3.